The topological polar surface area (TPSA) is 12.0 Å². The van der Waals surface area contributed by atoms with Crippen LogP contribution in [-0.4, -0.2) is 0 Å². The zero-order valence-corrected chi connectivity index (χ0v) is 6.65. The molecule has 1 aromatic rings. The minimum absolute atomic E-state index is 0. The van der Waals surface area contributed by atoms with E-state index in [0.717, 1.165) is 5.69 Å². The molecule has 1 nitrogen and oxygen atoms in total. The zero-order valence-electron chi connectivity index (χ0n) is 4.56. The van der Waals surface area contributed by atoms with Gasteiger partial charge in [-0.2, -0.15) is 0 Å². The Balaban J connectivity index is 0.000000640. The third-order valence-corrected chi connectivity index (χ3v) is 1.15. The van der Waals surface area contributed by atoms with Gasteiger partial charge in [-0.25, -0.2) is 0 Å². The molecule has 0 aliphatic heterocycles. The Labute approximate surface area is 73.3 Å². The van der Waals surface area contributed by atoms with Crippen molar-refractivity contribution in [2.75, 3.05) is 4.40 Å². The Bertz CT molecular complexity index is 154. The van der Waals surface area contributed by atoms with Crippen LogP contribution in [0.15, 0.2) is 30.3 Å². The summed E-state index contributed by atoms with van der Waals surface area (Å²) >= 11 is 4.30. The molecule has 0 atom stereocenters. The Hall–Kier alpha value is 0.0330. The first kappa shape index (κ1) is 9.03. The number of anilines is 1. The van der Waals surface area contributed by atoms with Crippen LogP contribution >= 0.6 is 0 Å². The molecule has 0 amide bonds. The number of rotatable bonds is 1. The maximum absolute atomic E-state index is 4.30. The second-order valence-corrected chi connectivity index (χ2v) is 1.69. The molecule has 0 aliphatic carbocycles. The third kappa shape index (κ3) is 2.90. The molecule has 0 spiro atoms. The second-order valence-electron chi connectivity index (χ2n) is 1.45. The average Bonchev–Trinajstić information content (AvgIpc) is 1.90. The molecule has 3 heteroatoms. The van der Waals surface area contributed by atoms with Crippen molar-refractivity contribution < 1.29 is 32.7 Å². The standard InChI is InChI=1S/C6H6N.Fe.Ni/c7-6-4-2-1-3-5-6;;/h1-5,7H;;/q-1;;+1. The molecule has 0 fully saturated rings. The van der Waals surface area contributed by atoms with Gasteiger partial charge in [0.25, 0.3) is 0 Å². The van der Waals surface area contributed by atoms with E-state index in [1.54, 1.807) is 0 Å². The molecule has 1 aromatic carbocycles. The number of hydrogen-bond acceptors (Lipinski definition) is 1. The van der Waals surface area contributed by atoms with Gasteiger partial charge in [-0.3, -0.25) is 0 Å². The Morgan fingerprint density at radius 2 is 1.67 bits per heavy atom. The van der Waals surface area contributed by atoms with E-state index in [9.17, 15) is 0 Å². The van der Waals surface area contributed by atoms with E-state index >= 15 is 0 Å². The van der Waals surface area contributed by atoms with E-state index in [0.29, 0.717) is 0 Å². The summed E-state index contributed by atoms with van der Waals surface area (Å²) in [5.41, 5.74) is 0.993. The van der Waals surface area contributed by atoms with Gasteiger partial charge in [-0.15, -0.1) is 0 Å². The summed E-state index contributed by atoms with van der Waals surface area (Å²) in [4.78, 5) is 0. The van der Waals surface area contributed by atoms with Crippen molar-refractivity contribution >= 4 is 5.69 Å². The van der Waals surface area contributed by atoms with Gasteiger partial charge in [0.15, 0.2) is 0 Å². The molecule has 0 saturated carbocycles. The van der Waals surface area contributed by atoms with Crippen molar-refractivity contribution in [3.63, 3.8) is 0 Å². The summed E-state index contributed by atoms with van der Waals surface area (Å²) in [6.45, 7) is 0. The molecule has 53 valence electrons. The van der Waals surface area contributed by atoms with Crippen LogP contribution in [0, 0.1) is 0 Å². The molecular formula is C6H6FeNNi. The van der Waals surface area contributed by atoms with E-state index in [2.05, 4.69) is 20.1 Å². The molecule has 9 heavy (non-hydrogen) atoms. The monoisotopic (exact) mass is 206 g/mol. The fourth-order valence-corrected chi connectivity index (χ4v) is 0.655. The molecule has 0 heterocycles. The van der Waals surface area contributed by atoms with Crippen LogP contribution in [-0.2, 0) is 32.7 Å². The predicted molar refractivity (Wildman–Crippen MR) is 30.1 cm³/mol. The third-order valence-electron chi connectivity index (χ3n) is 0.865. The number of benzene rings is 1. The first-order valence-electron chi connectivity index (χ1n) is 2.32. The number of para-hydroxylation sites is 1. The summed E-state index contributed by atoms with van der Waals surface area (Å²) in [6, 6.07) is 9.72. The average molecular weight is 207 g/mol. The second kappa shape index (κ2) is 4.87. The zero-order chi connectivity index (χ0) is 5.82. The van der Waals surface area contributed by atoms with Gasteiger partial charge in [-0.1, -0.05) is 0 Å². The number of hydrogen-bond donors (Lipinski definition) is 1. The summed E-state index contributed by atoms with van der Waals surface area (Å²) in [5, 5.41) is 0. The quantitative estimate of drug-likeness (QED) is 0.688. The summed E-state index contributed by atoms with van der Waals surface area (Å²) < 4.78 is 2.65. The van der Waals surface area contributed by atoms with E-state index in [4.69, 9.17) is 0 Å². The van der Waals surface area contributed by atoms with Crippen LogP contribution in [0.1, 0.15) is 0 Å². The van der Waals surface area contributed by atoms with Gasteiger partial charge in [0.2, 0.25) is 0 Å². The molecule has 0 saturated heterocycles. The van der Waals surface area contributed by atoms with Gasteiger partial charge in [0.05, 0.1) is 0 Å². The normalized spacial score (nSPS) is 7.78. The van der Waals surface area contributed by atoms with Gasteiger partial charge in [0.1, 0.15) is 0 Å². The van der Waals surface area contributed by atoms with Crippen LogP contribution in [0.4, 0.5) is 5.69 Å². The van der Waals surface area contributed by atoms with E-state index in [1.807, 2.05) is 30.3 Å². The molecule has 0 aliphatic rings. The SMILES string of the molecule is [Fe].[Ni][NH]c1ccccc1. The van der Waals surface area contributed by atoms with Crippen LogP contribution in [0.25, 0.3) is 0 Å². The van der Waals surface area contributed by atoms with Crippen LogP contribution < -0.4 is 4.40 Å². The van der Waals surface area contributed by atoms with Crippen molar-refractivity contribution in [1.29, 1.82) is 0 Å². The molecule has 1 rings (SSSR count). The maximum atomic E-state index is 4.30. The van der Waals surface area contributed by atoms with E-state index in [1.165, 1.54) is 0 Å². The van der Waals surface area contributed by atoms with Crippen molar-refractivity contribution in [2.24, 2.45) is 0 Å². The molecule has 1 N–H and O–H groups in total. The van der Waals surface area contributed by atoms with Crippen LogP contribution in [0.2, 0.25) is 0 Å². The summed E-state index contributed by atoms with van der Waals surface area (Å²) in [7, 11) is 0. The predicted octanol–water partition coefficient (Wildman–Crippen LogP) is 1.56. The Kier molecular flexibility index (Phi) is 4.89. The molecule has 0 unspecified atom stereocenters. The minimum atomic E-state index is 0. The molecule has 0 bridgehead atoms. The van der Waals surface area contributed by atoms with Gasteiger partial charge in [0, 0.05) is 17.1 Å². The summed E-state index contributed by atoms with van der Waals surface area (Å²) in [5.74, 6) is 0. The fraction of sp³-hybridized carbons (Fsp3) is 0. The first-order chi connectivity index (χ1) is 3.93. The number of nitrogens with one attached hydrogen (secondary N) is 1. The van der Waals surface area contributed by atoms with Crippen molar-refractivity contribution in [3.8, 4) is 0 Å². The molecular weight excluding hydrogens is 201 g/mol. The van der Waals surface area contributed by atoms with E-state index in [-0.39, 0.29) is 17.1 Å². The van der Waals surface area contributed by atoms with Crippen molar-refractivity contribution in [3.05, 3.63) is 30.3 Å². The fourth-order valence-electron chi connectivity index (χ4n) is 0.491. The van der Waals surface area contributed by atoms with Gasteiger partial charge >= 0.3 is 56.1 Å². The van der Waals surface area contributed by atoms with Crippen LogP contribution in [0.5, 0.6) is 0 Å². The molecule has 0 radical (unpaired) electrons. The van der Waals surface area contributed by atoms with Crippen molar-refractivity contribution in [2.45, 2.75) is 0 Å². The van der Waals surface area contributed by atoms with Crippen LogP contribution in [0.3, 0.4) is 0 Å². The molecule has 0 aromatic heterocycles. The first-order valence-corrected chi connectivity index (χ1v) is 2.81. The Morgan fingerprint density at radius 3 is 2.00 bits per heavy atom. The van der Waals surface area contributed by atoms with E-state index < -0.39 is 0 Å². The van der Waals surface area contributed by atoms with Gasteiger partial charge < -0.3 is 0 Å². The van der Waals surface area contributed by atoms with Gasteiger partial charge in [-0.05, 0) is 0 Å². The Morgan fingerprint density at radius 1 is 1.11 bits per heavy atom. The van der Waals surface area contributed by atoms with Crippen molar-refractivity contribution in [1.82, 2.24) is 0 Å². The summed E-state index contributed by atoms with van der Waals surface area (Å²) in [6.07, 6.45) is 0.